The Hall–Kier alpha value is -2.24. The molecule has 0 bridgehead atoms. The number of aromatic nitrogens is 4. The van der Waals surface area contributed by atoms with E-state index in [1.165, 1.54) is 18.4 Å². The molecule has 3 rings (SSSR count). The summed E-state index contributed by atoms with van der Waals surface area (Å²) in [4.78, 5) is 12.1. The number of tetrazole rings is 1. The van der Waals surface area contributed by atoms with Gasteiger partial charge in [0, 0.05) is 12.6 Å². The van der Waals surface area contributed by atoms with Gasteiger partial charge in [-0.3, -0.25) is 4.79 Å². The SMILES string of the molecule is O=C(Cc1nnnn1CCc1ccccc1)NC1CCCC1. The summed E-state index contributed by atoms with van der Waals surface area (Å²) in [6.45, 7) is 0.684. The fraction of sp³-hybridized carbons (Fsp3) is 0.500. The number of amides is 1. The quantitative estimate of drug-likeness (QED) is 0.877. The van der Waals surface area contributed by atoms with Crippen LogP contribution in [0.4, 0.5) is 0 Å². The van der Waals surface area contributed by atoms with Crippen molar-refractivity contribution in [3.8, 4) is 0 Å². The third-order valence-electron chi connectivity index (χ3n) is 4.10. The van der Waals surface area contributed by atoms with Crippen LogP contribution in [0.25, 0.3) is 0 Å². The lowest BCUT2D eigenvalue weighted by molar-refractivity contribution is -0.121. The first-order valence-electron chi connectivity index (χ1n) is 7.89. The Kier molecular flexibility index (Phi) is 4.78. The van der Waals surface area contributed by atoms with Crippen molar-refractivity contribution in [3.05, 3.63) is 41.7 Å². The van der Waals surface area contributed by atoms with Crippen LogP contribution >= 0.6 is 0 Å². The van der Waals surface area contributed by atoms with Gasteiger partial charge >= 0.3 is 0 Å². The number of hydrogen-bond acceptors (Lipinski definition) is 4. The molecule has 1 saturated carbocycles. The summed E-state index contributed by atoms with van der Waals surface area (Å²) >= 11 is 0. The summed E-state index contributed by atoms with van der Waals surface area (Å²) < 4.78 is 1.72. The summed E-state index contributed by atoms with van der Waals surface area (Å²) in [5, 5.41) is 14.7. The molecule has 0 atom stereocenters. The summed E-state index contributed by atoms with van der Waals surface area (Å²) in [7, 11) is 0. The topological polar surface area (TPSA) is 72.7 Å². The molecule has 1 aliphatic carbocycles. The second-order valence-corrected chi connectivity index (χ2v) is 5.78. The maximum absolute atomic E-state index is 12.1. The second-order valence-electron chi connectivity index (χ2n) is 5.78. The van der Waals surface area contributed by atoms with Gasteiger partial charge in [-0.05, 0) is 35.3 Å². The summed E-state index contributed by atoms with van der Waals surface area (Å²) in [6.07, 6.45) is 5.69. The molecular formula is C16H21N5O. The Morgan fingerprint density at radius 3 is 2.77 bits per heavy atom. The van der Waals surface area contributed by atoms with Crippen LogP contribution in [0.2, 0.25) is 0 Å². The molecule has 1 fully saturated rings. The number of carbonyl (C=O) groups is 1. The number of carbonyl (C=O) groups excluding carboxylic acids is 1. The normalized spacial score (nSPS) is 15.1. The summed E-state index contributed by atoms with van der Waals surface area (Å²) in [5.41, 5.74) is 1.24. The molecule has 0 spiro atoms. The van der Waals surface area contributed by atoms with E-state index in [-0.39, 0.29) is 12.3 Å². The maximum Gasteiger partial charge on any atom is 0.227 e. The van der Waals surface area contributed by atoms with Gasteiger partial charge in [0.2, 0.25) is 5.91 Å². The van der Waals surface area contributed by atoms with Crippen LogP contribution in [-0.2, 0) is 24.2 Å². The molecule has 6 heteroatoms. The van der Waals surface area contributed by atoms with E-state index in [9.17, 15) is 4.79 Å². The fourth-order valence-corrected chi connectivity index (χ4v) is 2.90. The van der Waals surface area contributed by atoms with E-state index in [2.05, 4.69) is 33.0 Å². The van der Waals surface area contributed by atoms with E-state index in [4.69, 9.17) is 0 Å². The fourth-order valence-electron chi connectivity index (χ4n) is 2.90. The molecule has 1 heterocycles. The number of rotatable bonds is 6. The van der Waals surface area contributed by atoms with Crippen molar-refractivity contribution in [3.63, 3.8) is 0 Å². The minimum Gasteiger partial charge on any atom is -0.353 e. The number of nitrogens with zero attached hydrogens (tertiary/aromatic N) is 4. The van der Waals surface area contributed by atoms with Crippen molar-refractivity contribution in [2.45, 2.75) is 51.1 Å². The van der Waals surface area contributed by atoms with Crippen molar-refractivity contribution < 1.29 is 4.79 Å². The van der Waals surface area contributed by atoms with Crippen molar-refractivity contribution in [2.24, 2.45) is 0 Å². The largest absolute Gasteiger partial charge is 0.353 e. The third kappa shape index (κ3) is 3.90. The van der Waals surface area contributed by atoms with E-state index in [0.29, 0.717) is 18.4 Å². The molecule has 1 amide bonds. The van der Waals surface area contributed by atoms with Crippen LogP contribution < -0.4 is 5.32 Å². The zero-order chi connectivity index (χ0) is 15.2. The molecule has 0 aliphatic heterocycles. The lowest BCUT2D eigenvalue weighted by Crippen LogP contribution is -2.34. The van der Waals surface area contributed by atoms with Gasteiger partial charge < -0.3 is 5.32 Å². The first kappa shape index (κ1) is 14.7. The van der Waals surface area contributed by atoms with Gasteiger partial charge in [0.25, 0.3) is 0 Å². The minimum absolute atomic E-state index is 0.0164. The average Bonchev–Trinajstić information content (AvgIpc) is 3.18. The molecule has 0 unspecified atom stereocenters. The molecule has 0 radical (unpaired) electrons. The van der Waals surface area contributed by atoms with E-state index in [0.717, 1.165) is 19.3 Å². The highest BCUT2D eigenvalue weighted by Crippen LogP contribution is 2.17. The Labute approximate surface area is 129 Å². The molecule has 6 nitrogen and oxygen atoms in total. The van der Waals surface area contributed by atoms with E-state index in [1.54, 1.807) is 4.68 Å². The Morgan fingerprint density at radius 1 is 1.23 bits per heavy atom. The van der Waals surface area contributed by atoms with Crippen molar-refractivity contribution >= 4 is 5.91 Å². The zero-order valence-corrected chi connectivity index (χ0v) is 12.6. The molecule has 0 saturated heterocycles. The molecule has 1 aromatic heterocycles. The lowest BCUT2D eigenvalue weighted by Gasteiger charge is -2.11. The Balaban J connectivity index is 1.53. The van der Waals surface area contributed by atoms with Gasteiger partial charge in [0.1, 0.15) is 0 Å². The van der Waals surface area contributed by atoms with Gasteiger partial charge in [0.05, 0.1) is 6.42 Å². The average molecular weight is 299 g/mol. The number of aryl methyl sites for hydroxylation is 2. The molecule has 22 heavy (non-hydrogen) atoms. The highest BCUT2D eigenvalue weighted by atomic mass is 16.1. The van der Waals surface area contributed by atoms with Gasteiger partial charge in [-0.15, -0.1) is 5.10 Å². The van der Waals surface area contributed by atoms with Gasteiger partial charge in [-0.25, -0.2) is 4.68 Å². The number of benzene rings is 1. The van der Waals surface area contributed by atoms with Gasteiger partial charge in [-0.1, -0.05) is 43.2 Å². The van der Waals surface area contributed by atoms with Crippen molar-refractivity contribution in [1.29, 1.82) is 0 Å². The van der Waals surface area contributed by atoms with Crippen molar-refractivity contribution in [2.75, 3.05) is 0 Å². The second kappa shape index (κ2) is 7.15. The van der Waals surface area contributed by atoms with Crippen LogP contribution in [0.15, 0.2) is 30.3 Å². The molecule has 1 aromatic carbocycles. The molecular weight excluding hydrogens is 278 g/mol. The Morgan fingerprint density at radius 2 is 2.00 bits per heavy atom. The molecule has 1 N–H and O–H groups in total. The smallest absolute Gasteiger partial charge is 0.227 e. The first-order chi connectivity index (χ1) is 10.8. The van der Waals surface area contributed by atoms with Crippen molar-refractivity contribution in [1.82, 2.24) is 25.5 Å². The van der Waals surface area contributed by atoms with Crippen LogP contribution in [0.5, 0.6) is 0 Å². The van der Waals surface area contributed by atoms with Crippen LogP contribution in [0.3, 0.4) is 0 Å². The Bertz CT molecular complexity index is 604. The van der Waals surface area contributed by atoms with Crippen LogP contribution in [0, 0.1) is 0 Å². The number of nitrogens with one attached hydrogen (secondary N) is 1. The highest BCUT2D eigenvalue weighted by Gasteiger charge is 2.18. The minimum atomic E-state index is 0.0164. The van der Waals surface area contributed by atoms with Crippen LogP contribution in [0.1, 0.15) is 37.1 Å². The van der Waals surface area contributed by atoms with Gasteiger partial charge in [0.15, 0.2) is 5.82 Å². The standard InChI is InChI=1S/C16H21N5O/c22-16(17-14-8-4-5-9-14)12-15-18-19-20-21(15)11-10-13-6-2-1-3-7-13/h1-3,6-7,14H,4-5,8-12H2,(H,17,22). The van der Waals surface area contributed by atoms with E-state index in [1.807, 2.05) is 18.2 Å². The zero-order valence-electron chi connectivity index (χ0n) is 12.6. The third-order valence-corrected chi connectivity index (χ3v) is 4.10. The molecule has 2 aromatic rings. The lowest BCUT2D eigenvalue weighted by atomic mass is 10.1. The monoisotopic (exact) mass is 299 g/mol. The van der Waals surface area contributed by atoms with E-state index >= 15 is 0 Å². The van der Waals surface area contributed by atoms with Gasteiger partial charge in [-0.2, -0.15) is 0 Å². The predicted octanol–water partition coefficient (Wildman–Crippen LogP) is 1.52. The molecule has 1 aliphatic rings. The maximum atomic E-state index is 12.1. The van der Waals surface area contributed by atoms with Crippen LogP contribution in [-0.4, -0.2) is 32.2 Å². The molecule has 116 valence electrons. The first-order valence-corrected chi connectivity index (χ1v) is 7.89. The highest BCUT2D eigenvalue weighted by molar-refractivity contribution is 5.78. The summed E-state index contributed by atoms with van der Waals surface area (Å²) in [5.74, 6) is 0.647. The van der Waals surface area contributed by atoms with E-state index < -0.39 is 0 Å². The summed E-state index contributed by atoms with van der Waals surface area (Å²) in [6, 6.07) is 10.5. The number of hydrogen-bond donors (Lipinski definition) is 1. The predicted molar refractivity (Wildman–Crippen MR) is 82.1 cm³/mol.